The Morgan fingerprint density at radius 3 is 2.83 bits per heavy atom. The number of hydrogen-bond donors (Lipinski definition) is 2. The molecule has 1 fully saturated rings. The Morgan fingerprint density at radius 1 is 1.44 bits per heavy atom. The van der Waals surface area contributed by atoms with Crippen LogP contribution in [0.5, 0.6) is 0 Å². The minimum atomic E-state index is 0.256. The zero-order valence-electron chi connectivity index (χ0n) is 12.2. The van der Waals surface area contributed by atoms with Gasteiger partial charge in [0.2, 0.25) is 0 Å². The molecule has 18 heavy (non-hydrogen) atoms. The van der Waals surface area contributed by atoms with Crippen LogP contribution in [0.15, 0.2) is 4.99 Å². The van der Waals surface area contributed by atoms with Crippen LogP contribution in [0.3, 0.4) is 0 Å². The van der Waals surface area contributed by atoms with Crippen molar-refractivity contribution < 1.29 is 4.74 Å². The molecule has 0 aromatic heterocycles. The van der Waals surface area contributed by atoms with Crippen LogP contribution in [0.25, 0.3) is 0 Å². The van der Waals surface area contributed by atoms with Gasteiger partial charge in [-0.2, -0.15) is 0 Å². The lowest BCUT2D eigenvalue weighted by atomic mass is 10.2. The van der Waals surface area contributed by atoms with E-state index in [1.807, 2.05) is 0 Å². The molecule has 106 valence electrons. The SMILES string of the molecule is CCNC(=NCC(C)C)NCC1CN(C)CCO1. The molecule has 0 saturated carbocycles. The molecular weight excluding hydrogens is 228 g/mol. The van der Waals surface area contributed by atoms with E-state index in [-0.39, 0.29) is 6.10 Å². The minimum Gasteiger partial charge on any atom is -0.374 e. The van der Waals surface area contributed by atoms with Crippen LogP contribution in [-0.2, 0) is 4.74 Å². The first-order valence-electron chi connectivity index (χ1n) is 6.94. The average Bonchev–Trinajstić information content (AvgIpc) is 2.32. The first-order valence-corrected chi connectivity index (χ1v) is 6.94. The number of ether oxygens (including phenoxy) is 1. The van der Waals surface area contributed by atoms with Crippen molar-refractivity contribution in [2.45, 2.75) is 26.9 Å². The molecule has 1 saturated heterocycles. The van der Waals surface area contributed by atoms with Crippen molar-refractivity contribution >= 4 is 5.96 Å². The quantitative estimate of drug-likeness (QED) is 0.556. The Hall–Kier alpha value is -0.810. The van der Waals surface area contributed by atoms with E-state index < -0.39 is 0 Å². The lowest BCUT2D eigenvalue weighted by Crippen LogP contribution is -2.48. The lowest BCUT2D eigenvalue weighted by Gasteiger charge is -2.30. The van der Waals surface area contributed by atoms with Gasteiger partial charge in [-0.05, 0) is 19.9 Å². The van der Waals surface area contributed by atoms with Gasteiger partial charge in [-0.15, -0.1) is 0 Å². The molecule has 0 amide bonds. The molecular formula is C13H28N4O. The molecule has 5 heteroatoms. The zero-order valence-corrected chi connectivity index (χ0v) is 12.2. The highest BCUT2D eigenvalue weighted by atomic mass is 16.5. The first-order chi connectivity index (χ1) is 8.61. The summed E-state index contributed by atoms with van der Waals surface area (Å²) in [6.45, 7) is 11.8. The molecule has 0 spiro atoms. The zero-order chi connectivity index (χ0) is 13.4. The van der Waals surface area contributed by atoms with Gasteiger partial charge < -0.3 is 20.3 Å². The van der Waals surface area contributed by atoms with Crippen LogP contribution < -0.4 is 10.6 Å². The number of aliphatic imine (C=N–C) groups is 1. The number of hydrogen-bond acceptors (Lipinski definition) is 3. The average molecular weight is 256 g/mol. The molecule has 1 unspecified atom stereocenters. The summed E-state index contributed by atoms with van der Waals surface area (Å²) in [6, 6.07) is 0. The maximum absolute atomic E-state index is 5.72. The highest BCUT2D eigenvalue weighted by Gasteiger charge is 2.17. The fourth-order valence-electron chi connectivity index (χ4n) is 1.82. The molecule has 0 aliphatic carbocycles. The Morgan fingerprint density at radius 2 is 2.22 bits per heavy atom. The maximum Gasteiger partial charge on any atom is 0.191 e. The summed E-state index contributed by atoms with van der Waals surface area (Å²) in [5, 5.41) is 6.61. The smallest absolute Gasteiger partial charge is 0.191 e. The number of guanidine groups is 1. The summed E-state index contributed by atoms with van der Waals surface area (Å²) in [4.78, 5) is 6.84. The van der Waals surface area contributed by atoms with Gasteiger partial charge >= 0.3 is 0 Å². The van der Waals surface area contributed by atoms with E-state index in [1.54, 1.807) is 0 Å². The molecule has 1 heterocycles. The summed E-state index contributed by atoms with van der Waals surface area (Å²) >= 11 is 0. The van der Waals surface area contributed by atoms with Crippen LogP contribution in [0.1, 0.15) is 20.8 Å². The predicted molar refractivity (Wildman–Crippen MR) is 76.1 cm³/mol. The van der Waals surface area contributed by atoms with Crippen molar-refractivity contribution in [2.75, 3.05) is 46.4 Å². The van der Waals surface area contributed by atoms with Crippen molar-refractivity contribution in [3.8, 4) is 0 Å². The Labute approximate surface area is 111 Å². The Kier molecular flexibility index (Phi) is 7.05. The largest absolute Gasteiger partial charge is 0.374 e. The highest BCUT2D eigenvalue weighted by molar-refractivity contribution is 5.79. The second-order valence-corrected chi connectivity index (χ2v) is 5.25. The molecule has 1 aliphatic heterocycles. The van der Waals surface area contributed by atoms with Crippen LogP contribution in [-0.4, -0.2) is 63.3 Å². The van der Waals surface area contributed by atoms with Crippen LogP contribution >= 0.6 is 0 Å². The summed E-state index contributed by atoms with van der Waals surface area (Å²) < 4.78 is 5.72. The molecule has 0 aromatic rings. The third kappa shape index (κ3) is 6.21. The van der Waals surface area contributed by atoms with E-state index in [4.69, 9.17) is 4.74 Å². The number of likely N-dealkylation sites (N-methyl/N-ethyl adjacent to an activating group) is 1. The highest BCUT2D eigenvalue weighted by Crippen LogP contribution is 2.01. The summed E-state index contributed by atoms with van der Waals surface area (Å²) in [5.41, 5.74) is 0. The maximum atomic E-state index is 5.72. The van der Waals surface area contributed by atoms with Gasteiger partial charge in [0.05, 0.1) is 12.7 Å². The fraction of sp³-hybridized carbons (Fsp3) is 0.923. The van der Waals surface area contributed by atoms with Gasteiger partial charge in [-0.3, -0.25) is 4.99 Å². The number of rotatable bonds is 5. The normalized spacial score (nSPS) is 22.3. The third-order valence-electron chi connectivity index (χ3n) is 2.80. The minimum absolute atomic E-state index is 0.256. The number of morpholine rings is 1. The Balaban J connectivity index is 2.34. The van der Waals surface area contributed by atoms with Crippen molar-refractivity contribution in [3.63, 3.8) is 0 Å². The van der Waals surface area contributed by atoms with E-state index in [9.17, 15) is 0 Å². The van der Waals surface area contributed by atoms with Gasteiger partial charge in [0.1, 0.15) is 0 Å². The van der Waals surface area contributed by atoms with Gasteiger partial charge in [-0.1, -0.05) is 13.8 Å². The molecule has 0 aromatic carbocycles. The van der Waals surface area contributed by atoms with E-state index in [2.05, 4.69) is 48.3 Å². The molecule has 1 aliphatic rings. The summed E-state index contributed by atoms with van der Waals surface area (Å²) in [6.07, 6.45) is 0.256. The van der Waals surface area contributed by atoms with E-state index in [0.29, 0.717) is 5.92 Å². The molecule has 5 nitrogen and oxygen atoms in total. The fourth-order valence-corrected chi connectivity index (χ4v) is 1.82. The van der Waals surface area contributed by atoms with E-state index >= 15 is 0 Å². The topological polar surface area (TPSA) is 48.9 Å². The third-order valence-corrected chi connectivity index (χ3v) is 2.80. The van der Waals surface area contributed by atoms with E-state index in [1.165, 1.54) is 0 Å². The van der Waals surface area contributed by atoms with Gasteiger partial charge in [0, 0.05) is 32.7 Å². The standard InChI is InChI=1S/C13H28N4O/c1-5-14-13(15-8-11(2)3)16-9-12-10-17(4)6-7-18-12/h11-12H,5-10H2,1-4H3,(H2,14,15,16). The molecule has 2 N–H and O–H groups in total. The van der Waals surface area contributed by atoms with Crippen molar-refractivity contribution in [1.82, 2.24) is 15.5 Å². The summed E-state index contributed by atoms with van der Waals surface area (Å²) in [7, 11) is 2.13. The second-order valence-electron chi connectivity index (χ2n) is 5.25. The van der Waals surface area contributed by atoms with Gasteiger partial charge in [-0.25, -0.2) is 0 Å². The van der Waals surface area contributed by atoms with Crippen molar-refractivity contribution in [1.29, 1.82) is 0 Å². The molecule has 0 radical (unpaired) electrons. The number of nitrogens with one attached hydrogen (secondary N) is 2. The summed E-state index contributed by atoms with van der Waals surface area (Å²) in [5.74, 6) is 1.47. The van der Waals surface area contributed by atoms with Crippen molar-refractivity contribution in [2.24, 2.45) is 10.9 Å². The van der Waals surface area contributed by atoms with Gasteiger partial charge in [0.25, 0.3) is 0 Å². The first kappa shape index (κ1) is 15.2. The predicted octanol–water partition coefficient (Wildman–Crippen LogP) is 0.528. The molecule has 1 rings (SSSR count). The van der Waals surface area contributed by atoms with Crippen LogP contribution in [0.2, 0.25) is 0 Å². The monoisotopic (exact) mass is 256 g/mol. The van der Waals surface area contributed by atoms with E-state index in [0.717, 1.165) is 45.3 Å². The molecule has 1 atom stereocenters. The lowest BCUT2D eigenvalue weighted by molar-refractivity contribution is -0.0161. The van der Waals surface area contributed by atoms with Crippen LogP contribution in [0.4, 0.5) is 0 Å². The Bertz CT molecular complexity index is 255. The second kappa shape index (κ2) is 8.32. The number of nitrogens with zero attached hydrogens (tertiary/aromatic N) is 2. The van der Waals surface area contributed by atoms with Crippen LogP contribution in [0, 0.1) is 5.92 Å². The van der Waals surface area contributed by atoms with Crippen molar-refractivity contribution in [3.05, 3.63) is 0 Å². The van der Waals surface area contributed by atoms with Gasteiger partial charge in [0.15, 0.2) is 5.96 Å². The molecule has 0 bridgehead atoms.